The first-order chi connectivity index (χ1) is 11.4. The molecule has 0 spiro atoms. The number of rotatable bonds is 7. The van der Waals surface area contributed by atoms with Crippen LogP contribution in [0.25, 0.3) is 0 Å². The molecule has 2 rings (SSSR count). The Balaban J connectivity index is 2.40. The molecule has 0 saturated heterocycles. The third-order valence-corrected chi connectivity index (χ3v) is 6.64. The molecule has 4 nitrogen and oxygen atoms in total. The second-order valence-corrected chi connectivity index (χ2v) is 8.08. The van der Waals surface area contributed by atoms with Gasteiger partial charge in [0.2, 0.25) is 0 Å². The van der Waals surface area contributed by atoms with E-state index in [0.717, 1.165) is 9.75 Å². The molecule has 0 aliphatic carbocycles. The van der Waals surface area contributed by atoms with E-state index >= 15 is 0 Å². The zero-order valence-electron chi connectivity index (χ0n) is 14.5. The van der Waals surface area contributed by atoms with Gasteiger partial charge in [-0.25, -0.2) is 0 Å². The number of thiophene rings is 2. The Morgan fingerprint density at radius 1 is 0.833 bits per heavy atom. The lowest BCUT2D eigenvalue weighted by atomic mass is 9.83. The molecule has 2 aromatic rings. The fourth-order valence-corrected chi connectivity index (χ4v) is 4.92. The van der Waals surface area contributed by atoms with Crippen LogP contribution < -0.4 is 0 Å². The van der Waals surface area contributed by atoms with E-state index in [1.807, 2.05) is 73.0 Å². The Morgan fingerprint density at radius 2 is 1.21 bits per heavy atom. The molecule has 0 amide bonds. The third kappa shape index (κ3) is 3.11. The maximum Gasteiger partial charge on any atom is 0.143 e. The van der Waals surface area contributed by atoms with Crippen LogP contribution in [0.2, 0.25) is 0 Å². The van der Waals surface area contributed by atoms with Gasteiger partial charge in [-0.05, 0) is 63.9 Å². The third-order valence-electron chi connectivity index (χ3n) is 4.60. The van der Waals surface area contributed by atoms with E-state index in [0.29, 0.717) is 12.8 Å². The predicted molar refractivity (Wildman–Crippen MR) is 99.8 cm³/mol. The van der Waals surface area contributed by atoms with E-state index in [2.05, 4.69) is 12.1 Å². The molecule has 0 fully saturated rings. The highest BCUT2D eigenvalue weighted by atomic mass is 32.1. The summed E-state index contributed by atoms with van der Waals surface area (Å²) in [5.74, 6) is 0. The van der Waals surface area contributed by atoms with Gasteiger partial charge in [0, 0.05) is 9.75 Å². The number of hydrogen-bond acceptors (Lipinski definition) is 6. The standard InChI is InChI=1S/C18H22N4S2/c1-21(2)17(13-19,15-7-5-11-23-15)9-10-18(14-20,22(3)4)16-8-6-12-24-16/h5-8,11-12H,9-10H2,1-4H3. The highest BCUT2D eigenvalue weighted by Gasteiger charge is 2.42. The highest BCUT2D eigenvalue weighted by molar-refractivity contribution is 7.10. The summed E-state index contributed by atoms with van der Waals surface area (Å²) < 4.78 is 0. The second-order valence-electron chi connectivity index (χ2n) is 6.19. The lowest BCUT2D eigenvalue weighted by Crippen LogP contribution is -2.45. The van der Waals surface area contributed by atoms with Crippen LogP contribution in [0.3, 0.4) is 0 Å². The van der Waals surface area contributed by atoms with Crippen molar-refractivity contribution in [1.82, 2.24) is 9.80 Å². The molecule has 2 heterocycles. The van der Waals surface area contributed by atoms with E-state index in [1.165, 1.54) is 0 Å². The molecule has 0 bridgehead atoms. The van der Waals surface area contributed by atoms with E-state index in [1.54, 1.807) is 22.7 Å². The molecular weight excluding hydrogens is 336 g/mol. The molecule has 0 aliphatic rings. The summed E-state index contributed by atoms with van der Waals surface area (Å²) in [5, 5.41) is 23.9. The van der Waals surface area contributed by atoms with Gasteiger partial charge in [-0.2, -0.15) is 10.5 Å². The van der Waals surface area contributed by atoms with Crippen LogP contribution in [0.5, 0.6) is 0 Å². The summed E-state index contributed by atoms with van der Waals surface area (Å²) in [6, 6.07) is 13.0. The van der Waals surface area contributed by atoms with Gasteiger partial charge in [-0.1, -0.05) is 12.1 Å². The van der Waals surface area contributed by atoms with E-state index < -0.39 is 11.1 Å². The molecule has 2 unspecified atom stereocenters. The van der Waals surface area contributed by atoms with Gasteiger partial charge in [-0.15, -0.1) is 22.7 Å². The SMILES string of the molecule is CN(C)C(C#N)(CCC(C#N)(c1cccs1)N(C)C)c1cccs1. The van der Waals surface area contributed by atoms with Crippen LogP contribution in [0.1, 0.15) is 22.6 Å². The van der Waals surface area contributed by atoms with Crippen molar-refractivity contribution in [3.05, 3.63) is 44.8 Å². The fourth-order valence-electron chi connectivity index (χ4n) is 2.95. The average Bonchev–Trinajstić information content (AvgIpc) is 3.25. The fraction of sp³-hybridized carbons (Fsp3) is 0.444. The van der Waals surface area contributed by atoms with Crippen LogP contribution in [0.15, 0.2) is 35.0 Å². The summed E-state index contributed by atoms with van der Waals surface area (Å²) in [6.45, 7) is 0. The normalized spacial score (nSPS) is 16.3. The Morgan fingerprint density at radius 3 is 1.42 bits per heavy atom. The van der Waals surface area contributed by atoms with Crippen molar-refractivity contribution in [2.45, 2.75) is 23.9 Å². The average molecular weight is 359 g/mol. The quantitative estimate of drug-likeness (QED) is 0.754. The van der Waals surface area contributed by atoms with E-state index in [4.69, 9.17) is 0 Å². The molecule has 0 aromatic carbocycles. The monoisotopic (exact) mass is 358 g/mol. The molecule has 0 radical (unpaired) electrons. The molecule has 0 saturated carbocycles. The first-order valence-corrected chi connectivity index (χ1v) is 9.44. The topological polar surface area (TPSA) is 54.1 Å². The maximum atomic E-state index is 9.98. The van der Waals surface area contributed by atoms with Crippen LogP contribution in [-0.4, -0.2) is 38.0 Å². The van der Waals surface area contributed by atoms with Crippen molar-refractivity contribution in [3.63, 3.8) is 0 Å². The molecular formula is C18H22N4S2. The predicted octanol–water partition coefficient (Wildman–Crippen LogP) is 3.85. The second kappa shape index (κ2) is 7.46. The highest BCUT2D eigenvalue weighted by Crippen LogP contribution is 2.41. The van der Waals surface area contributed by atoms with Crippen molar-refractivity contribution >= 4 is 22.7 Å². The van der Waals surface area contributed by atoms with Crippen molar-refractivity contribution in [2.75, 3.05) is 28.2 Å². The first kappa shape index (κ1) is 18.6. The minimum absolute atomic E-state index is 0.584. The molecule has 2 atom stereocenters. The molecule has 126 valence electrons. The van der Waals surface area contributed by atoms with Gasteiger partial charge in [-0.3, -0.25) is 9.80 Å². The maximum absolute atomic E-state index is 9.98. The minimum atomic E-state index is -0.719. The molecule has 24 heavy (non-hydrogen) atoms. The molecule has 0 N–H and O–H groups in total. The van der Waals surface area contributed by atoms with E-state index in [9.17, 15) is 10.5 Å². The van der Waals surface area contributed by atoms with Crippen LogP contribution in [0.4, 0.5) is 0 Å². The Hall–Kier alpha value is -1.70. The van der Waals surface area contributed by atoms with Gasteiger partial charge in [0.1, 0.15) is 11.1 Å². The molecule has 6 heteroatoms. The first-order valence-electron chi connectivity index (χ1n) is 7.68. The van der Waals surface area contributed by atoms with Gasteiger partial charge >= 0.3 is 0 Å². The summed E-state index contributed by atoms with van der Waals surface area (Å²) >= 11 is 3.18. The number of nitrogens with zero attached hydrogens (tertiary/aromatic N) is 4. The Bertz CT molecular complexity index is 658. The molecule has 2 aromatic heterocycles. The Kier molecular flexibility index (Phi) is 5.79. The van der Waals surface area contributed by atoms with Gasteiger partial charge in [0.05, 0.1) is 12.1 Å². The summed E-state index contributed by atoms with van der Waals surface area (Å²) in [6.07, 6.45) is 1.17. The number of nitriles is 2. The molecule has 0 aliphatic heterocycles. The summed E-state index contributed by atoms with van der Waals surface area (Å²) in [5.41, 5.74) is -1.44. The largest absolute Gasteiger partial charge is 0.287 e. The van der Waals surface area contributed by atoms with E-state index in [-0.39, 0.29) is 0 Å². The van der Waals surface area contributed by atoms with Gasteiger partial charge in [0.15, 0.2) is 0 Å². The zero-order chi connectivity index (χ0) is 17.8. The van der Waals surface area contributed by atoms with Gasteiger partial charge in [0.25, 0.3) is 0 Å². The minimum Gasteiger partial charge on any atom is -0.287 e. The van der Waals surface area contributed by atoms with Gasteiger partial charge < -0.3 is 0 Å². The number of hydrogen-bond donors (Lipinski definition) is 0. The zero-order valence-corrected chi connectivity index (χ0v) is 16.1. The summed E-state index contributed by atoms with van der Waals surface area (Å²) in [7, 11) is 7.71. The van der Waals surface area contributed by atoms with Crippen molar-refractivity contribution in [2.24, 2.45) is 0 Å². The van der Waals surface area contributed by atoms with Crippen molar-refractivity contribution in [3.8, 4) is 12.1 Å². The smallest absolute Gasteiger partial charge is 0.143 e. The van der Waals surface area contributed by atoms with Crippen LogP contribution in [-0.2, 0) is 11.1 Å². The Labute approximate surface area is 152 Å². The van der Waals surface area contributed by atoms with Crippen molar-refractivity contribution < 1.29 is 0 Å². The van der Waals surface area contributed by atoms with Crippen LogP contribution in [0, 0.1) is 22.7 Å². The lowest BCUT2D eigenvalue weighted by Gasteiger charge is -2.38. The van der Waals surface area contributed by atoms with Crippen LogP contribution >= 0.6 is 22.7 Å². The summed E-state index contributed by atoms with van der Waals surface area (Å²) in [4.78, 5) is 5.97. The lowest BCUT2D eigenvalue weighted by molar-refractivity contribution is 0.147. The van der Waals surface area contributed by atoms with Crippen molar-refractivity contribution in [1.29, 1.82) is 10.5 Å².